The van der Waals surface area contributed by atoms with Gasteiger partial charge in [-0.05, 0) is 56.0 Å². The molecular weight excluding hydrogens is 448 g/mol. The van der Waals surface area contributed by atoms with E-state index in [1.807, 2.05) is 35.8 Å². The van der Waals surface area contributed by atoms with Gasteiger partial charge in [0.15, 0.2) is 0 Å². The first-order valence-electron chi connectivity index (χ1n) is 10.7. The van der Waals surface area contributed by atoms with Crippen LogP contribution in [-0.2, 0) is 22.9 Å². The number of sulfone groups is 1. The van der Waals surface area contributed by atoms with Crippen molar-refractivity contribution < 1.29 is 8.42 Å². The molecule has 1 aliphatic carbocycles. The molecule has 0 atom stereocenters. The maximum atomic E-state index is 13.4. The molecule has 0 spiro atoms. The molecule has 0 radical (unpaired) electrons. The number of benzene rings is 1. The lowest BCUT2D eigenvalue weighted by molar-refractivity contribution is 0.587. The molecule has 3 aromatic heterocycles. The summed E-state index contributed by atoms with van der Waals surface area (Å²) in [6, 6.07) is 7.97. The van der Waals surface area contributed by atoms with E-state index in [1.54, 1.807) is 17.0 Å². The maximum absolute atomic E-state index is 13.4. The minimum atomic E-state index is -3.05. The van der Waals surface area contributed by atoms with Gasteiger partial charge in [-0.3, -0.25) is 14.1 Å². The highest BCUT2D eigenvalue weighted by atomic mass is 35.5. The molecule has 0 bridgehead atoms. The first-order valence-corrected chi connectivity index (χ1v) is 13.2. The molecule has 4 aromatic rings. The molecule has 0 amide bonds. The molecule has 32 heavy (non-hydrogen) atoms. The van der Waals surface area contributed by atoms with Gasteiger partial charge in [-0.2, -0.15) is 0 Å². The van der Waals surface area contributed by atoms with Crippen molar-refractivity contribution >= 4 is 43.4 Å². The summed E-state index contributed by atoms with van der Waals surface area (Å²) in [5, 5.41) is 1.61. The standard InChI is InChI=1S/C23H25ClN4O3S/c1-15-12-25-13-21-22(15)28(18-5-6-18)23(29)27(21)14-19-11-16-10-17(24)4-7-20(16)26(19)8-3-9-32(2,30)31/h4,7,10-13,18H,3,5-6,8-9,14H2,1-2H3. The Kier molecular flexibility index (Phi) is 5.17. The molecule has 1 aromatic carbocycles. The van der Waals surface area contributed by atoms with E-state index in [0.717, 1.165) is 46.0 Å². The highest BCUT2D eigenvalue weighted by molar-refractivity contribution is 7.90. The van der Waals surface area contributed by atoms with E-state index < -0.39 is 9.84 Å². The lowest BCUT2D eigenvalue weighted by Gasteiger charge is -2.11. The van der Waals surface area contributed by atoms with Crippen LogP contribution in [0.2, 0.25) is 5.02 Å². The van der Waals surface area contributed by atoms with Crippen molar-refractivity contribution in [3.8, 4) is 0 Å². The molecule has 9 heteroatoms. The molecule has 7 nitrogen and oxygen atoms in total. The largest absolute Gasteiger partial charge is 0.343 e. The summed E-state index contributed by atoms with van der Waals surface area (Å²) < 4.78 is 29.1. The van der Waals surface area contributed by atoms with Crippen LogP contribution in [0.1, 0.15) is 36.6 Å². The van der Waals surface area contributed by atoms with Gasteiger partial charge in [-0.1, -0.05) is 11.6 Å². The van der Waals surface area contributed by atoms with Crippen molar-refractivity contribution in [2.75, 3.05) is 12.0 Å². The molecule has 5 rings (SSSR count). The van der Waals surface area contributed by atoms with Crippen molar-refractivity contribution in [1.29, 1.82) is 0 Å². The van der Waals surface area contributed by atoms with E-state index in [0.29, 0.717) is 24.5 Å². The number of rotatable bonds is 7. The number of fused-ring (bicyclic) bond motifs is 2. The first kappa shape index (κ1) is 21.3. The molecule has 0 N–H and O–H groups in total. The fourth-order valence-electron chi connectivity index (χ4n) is 4.55. The van der Waals surface area contributed by atoms with Gasteiger partial charge in [0.25, 0.3) is 0 Å². The van der Waals surface area contributed by atoms with Crippen LogP contribution in [0.15, 0.2) is 41.5 Å². The summed E-state index contributed by atoms with van der Waals surface area (Å²) in [4.78, 5) is 17.8. The lowest BCUT2D eigenvalue weighted by Crippen LogP contribution is -2.25. The van der Waals surface area contributed by atoms with Crippen molar-refractivity contribution in [2.45, 2.75) is 45.3 Å². The van der Waals surface area contributed by atoms with Crippen LogP contribution in [0.25, 0.3) is 21.9 Å². The Morgan fingerprint density at radius 2 is 1.91 bits per heavy atom. The average Bonchev–Trinajstić information content (AvgIpc) is 3.44. The van der Waals surface area contributed by atoms with Crippen LogP contribution in [0, 0.1) is 6.92 Å². The van der Waals surface area contributed by atoms with Crippen molar-refractivity contribution in [2.24, 2.45) is 0 Å². The number of aromatic nitrogens is 4. The van der Waals surface area contributed by atoms with Crippen LogP contribution in [-0.4, -0.2) is 39.1 Å². The number of nitrogens with zero attached hydrogens (tertiary/aromatic N) is 4. The fourth-order valence-corrected chi connectivity index (χ4v) is 5.38. The second-order valence-corrected chi connectivity index (χ2v) is 11.5. The highest BCUT2D eigenvalue weighted by Gasteiger charge is 2.30. The smallest absolute Gasteiger partial charge is 0.329 e. The summed E-state index contributed by atoms with van der Waals surface area (Å²) in [6.07, 6.45) is 7.35. The van der Waals surface area contributed by atoms with E-state index in [-0.39, 0.29) is 17.5 Å². The Hall–Kier alpha value is -2.58. The summed E-state index contributed by atoms with van der Waals surface area (Å²) in [7, 11) is -3.05. The van der Waals surface area contributed by atoms with E-state index in [9.17, 15) is 13.2 Å². The molecule has 1 aliphatic rings. The molecule has 0 aliphatic heterocycles. The first-order chi connectivity index (χ1) is 15.2. The Balaban J connectivity index is 1.62. The third kappa shape index (κ3) is 3.86. The number of hydrogen-bond donors (Lipinski definition) is 0. The van der Waals surface area contributed by atoms with Gasteiger partial charge in [-0.15, -0.1) is 0 Å². The molecule has 0 saturated heterocycles. The minimum absolute atomic E-state index is 0.0235. The van der Waals surface area contributed by atoms with Gasteiger partial charge in [-0.25, -0.2) is 13.2 Å². The van der Waals surface area contributed by atoms with E-state index in [1.165, 1.54) is 6.26 Å². The third-order valence-corrected chi connectivity index (χ3v) is 7.39. The zero-order valence-corrected chi connectivity index (χ0v) is 19.7. The van der Waals surface area contributed by atoms with Crippen LogP contribution >= 0.6 is 11.6 Å². The van der Waals surface area contributed by atoms with Gasteiger partial charge >= 0.3 is 5.69 Å². The van der Waals surface area contributed by atoms with Gasteiger partial charge in [0.1, 0.15) is 9.84 Å². The zero-order chi connectivity index (χ0) is 22.6. The number of aryl methyl sites for hydroxylation is 2. The normalized spacial score (nSPS) is 14.6. The second-order valence-electron chi connectivity index (χ2n) is 8.77. The monoisotopic (exact) mass is 472 g/mol. The summed E-state index contributed by atoms with van der Waals surface area (Å²) in [6.45, 7) is 2.91. The average molecular weight is 473 g/mol. The van der Waals surface area contributed by atoms with Gasteiger partial charge in [0, 0.05) is 46.7 Å². The molecule has 0 unspecified atom stereocenters. The van der Waals surface area contributed by atoms with Crippen LogP contribution in [0.4, 0.5) is 0 Å². The SMILES string of the molecule is Cc1cncc2c1n(C1CC1)c(=O)n2Cc1cc2cc(Cl)ccc2n1CCCS(C)(=O)=O. The van der Waals surface area contributed by atoms with E-state index in [4.69, 9.17) is 11.6 Å². The molecular formula is C23H25ClN4O3S. The number of hydrogen-bond acceptors (Lipinski definition) is 4. The van der Waals surface area contributed by atoms with Gasteiger partial charge in [0.05, 0.1) is 29.5 Å². The van der Waals surface area contributed by atoms with Crippen LogP contribution < -0.4 is 5.69 Å². The summed E-state index contributed by atoms with van der Waals surface area (Å²) in [5.74, 6) is 0.115. The van der Waals surface area contributed by atoms with E-state index in [2.05, 4.69) is 9.55 Å². The Bertz CT molecular complexity index is 1510. The molecule has 1 fully saturated rings. The number of pyridine rings is 1. The fraction of sp³-hybridized carbons (Fsp3) is 0.391. The van der Waals surface area contributed by atoms with Gasteiger partial charge < -0.3 is 4.57 Å². The predicted molar refractivity (Wildman–Crippen MR) is 127 cm³/mol. The van der Waals surface area contributed by atoms with Crippen molar-refractivity contribution in [1.82, 2.24) is 18.7 Å². The summed E-state index contributed by atoms with van der Waals surface area (Å²) >= 11 is 6.22. The molecule has 168 valence electrons. The van der Waals surface area contributed by atoms with Crippen molar-refractivity contribution in [3.63, 3.8) is 0 Å². The molecule has 3 heterocycles. The Labute approximate surface area is 191 Å². The Morgan fingerprint density at radius 3 is 2.62 bits per heavy atom. The minimum Gasteiger partial charge on any atom is -0.343 e. The number of halogens is 1. The van der Waals surface area contributed by atoms with Crippen LogP contribution in [0.5, 0.6) is 0 Å². The second kappa shape index (κ2) is 7.78. The number of imidazole rings is 1. The quantitative estimate of drug-likeness (QED) is 0.408. The van der Waals surface area contributed by atoms with Crippen molar-refractivity contribution in [3.05, 3.63) is 63.4 Å². The predicted octanol–water partition coefficient (Wildman–Crippen LogP) is 3.93. The van der Waals surface area contributed by atoms with Crippen LogP contribution in [0.3, 0.4) is 0 Å². The molecule has 1 saturated carbocycles. The Morgan fingerprint density at radius 1 is 1.12 bits per heavy atom. The van der Waals surface area contributed by atoms with E-state index >= 15 is 0 Å². The zero-order valence-electron chi connectivity index (χ0n) is 18.1. The third-order valence-electron chi connectivity index (χ3n) is 6.13. The highest BCUT2D eigenvalue weighted by Crippen LogP contribution is 2.37. The van der Waals surface area contributed by atoms with Gasteiger partial charge in [0.2, 0.25) is 0 Å². The lowest BCUT2D eigenvalue weighted by atomic mass is 10.2. The summed E-state index contributed by atoms with van der Waals surface area (Å²) in [5.41, 5.74) is 4.67. The maximum Gasteiger partial charge on any atom is 0.329 e. The topological polar surface area (TPSA) is 78.9 Å².